The summed E-state index contributed by atoms with van der Waals surface area (Å²) in [5.41, 5.74) is 9.65. The lowest BCUT2D eigenvalue weighted by atomic mass is 9.96. The maximum absolute atomic E-state index is 6.26. The van der Waals surface area contributed by atoms with Gasteiger partial charge in [-0.05, 0) is 47.9 Å². The Morgan fingerprint density at radius 2 is 1.76 bits per heavy atom. The van der Waals surface area contributed by atoms with Crippen LogP contribution in [0, 0.1) is 6.92 Å². The standard InChI is InChI=1S/C14H13BrClN/c1-9-8-11(15)4-7-13(9)14(17)10-2-5-12(16)6-3-10/h2-8,14H,17H2,1H3. The van der Waals surface area contributed by atoms with Gasteiger partial charge >= 0.3 is 0 Å². The van der Waals surface area contributed by atoms with Gasteiger partial charge in [0.2, 0.25) is 0 Å². The normalized spacial score (nSPS) is 12.5. The highest BCUT2D eigenvalue weighted by atomic mass is 79.9. The Balaban J connectivity index is 2.36. The van der Waals surface area contributed by atoms with Crippen LogP contribution in [0.25, 0.3) is 0 Å². The van der Waals surface area contributed by atoms with Crippen LogP contribution in [0.5, 0.6) is 0 Å². The number of hydrogen-bond donors (Lipinski definition) is 1. The molecule has 0 aliphatic rings. The van der Waals surface area contributed by atoms with Crippen molar-refractivity contribution in [2.75, 3.05) is 0 Å². The van der Waals surface area contributed by atoms with Gasteiger partial charge in [0.15, 0.2) is 0 Å². The number of benzene rings is 2. The lowest BCUT2D eigenvalue weighted by Crippen LogP contribution is -2.13. The molecule has 0 bridgehead atoms. The summed E-state index contributed by atoms with van der Waals surface area (Å²) in [5, 5.41) is 0.730. The fourth-order valence-electron chi connectivity index (χ4n) is 1.84. The predicted molar refractivity (Wildman–Crippen MR) is 76.4 cm³/mol. The van der Waals surface area contributed by atoms with Gasteiger partial charge in [-0.2, -0.15) is 0 Å². The molecule has 0 spiro atoms. The van der Waals surface area contributed by atoms with Gasteiger partial charge in [0, 0.05) is 9.50 Å². The first-order chi connectivity index (χ1) is 8.08. The summed E-state index contributed by atoms with van der Waals surface area (Å²) >= 11 is 9.32. The fraction of sp³-hybridized carbons (Fsp3) is 0.143. The second kappa shape index (κ2) is 5.21. The van der Waals surface area contributed by atoms with E-state index in [1.807, 2.05) is 30.3 Å². The van der Waals surface area contributed by atoms with Crippen molar-refractivity contribution < 1.29 is 0 Å². The van der Waals surface area contributed by atoms with Crippen LogP contribution < -0.4 is 5.73 Å². The Morgan fingerprint density at radius 3 is 2.35 bits per heavy atom. The first kappa shape index (κ1) is 12.6. The molecule has 0 saturated heterocycles. The molecule has 0 radical (unpaired) electrons. The molecule has 0 fully saturated rings. The van der Waals surface area contributed by atoms with Gasteiger partial charge in [0.1, 0.15) is 0 Å². The third-order valence-corrected chi connectivity index (χ3v) is 3.54. The maximum Gasteiger partial charge on any atom is 0.0554 e. The Hall–Kier alpha value is -0.830. The molecule has 1 unspecified atom stereocenters. The van der Waals surface area contributed by atoms with E-state index in [0.717, 1.165) is 20.6 Å². The molecule has 3 heteroatoms. The van der Waals surface area contributed by atoms with E-state index < -0.39 is 0 Å². The van der Waals surface area contributed by atoms with Crippen molar-refractivity contribution in [2.24, 2.45) is 5.73 Å². The third-order valence-electron chi connectivity index (χ3n) is 2.80. The fourth-order valence-corrected chi connectivity index (χ4v) is 2.44. The van der Waals surface area contributed by atoms with Crippen LogP contribution in [-0.4, -0.2) is 0 Å². The summed E-state index contributed by atoms with van der Waals surface area (Å²) in [7, 11) is 0. The van der Waals surface area contributed by atoms with Crippen LogP contribution in [0.15, 0.2) is 46.9 Å². The highest BCUT2D eigenvalue weighted by molar-refractivity contribution is 9.10. The van der Waals surface area contributed by atoms with E-state index in [4.69, 9.17) is 17.3 Å². The van der Waals surface area contributed by atoms with Gasteiger partial charge in [-0.3, -0.25) is 0 Å². The van der Waals surface area contributed by atoms with Crippen molar-refractivity contribution >= 4 is 27.5 Å². The lowest BCUT2D eigenvalue weighted by Gasteiger charge is -2.15. The molecule has 2 rings (SSSR count). The lowest BCUT2D eigenvalue weighted by molar-refractivity contribution is 0.861. The molecule has 17 heavy (non-hydrogen) atoms. The summed E-state index contributed by atoms with van der Waals surface area (Å²) in [6, 6.07) is 13.7. The van der Waals surface area contributed by atoms with E-state index in [9.17, 15) is 0 Å². The molecular formula is C14H13BrClN. The summed E-state index contributed by atoms with van der Waals surface area (Å²) in [4.78, 5) is 0. The first-order valence-corrected chi connectivity index (χ1v) is 6.52. The van der Waals surface area contributed by atoms with E-state index in [-0.39, 0.29) is 6.04 Å². The summed E-state index contributed by atoms with van der Waals surface area (Å²) in [5.74, 6) is 0. The Labute approximate surface area is 115 Å². The molecule has 0 aliphatic carbocycles. The molecule has 88 valence electrons. The summed E-state index contributed by atoms with van der Waals surface area (Å²) < 4.78 is 1.07. The molecular weight excluding hydrogens is 298 g/mol. The van der Waals surface area contributed by atoms with Crippen molar-refractivity contribution in [3.8, 4) is 0 Å². The Bertz CT molecular complexity index is 522. The topological polar surface area (TPSA) is 26.0 Å². The van der Waals surface area contributed by atoms with Crippen LogP contribution in [-0.2, 0) is 0 Å². The molecule has 0 aromatic heterocycles. The molecule has 0 aliphatic heterocycles. The second-order valence-electron chi connectivity index (χ2n) is 4.03. The molecule has 1 atom stereocenters. The van der Waals surface area contributed by atoms with Crippen molar-refractivity contribution in [1.82, 2.24) is 0 Å². The minimum atomic E-state index is -0.111. The number of hydrogen-bond acceptors (Lipinski definition) is 1. The number of rotatable bonds is 2. The van der Waals surface area contributed by atoms with Crippen molar-refractivity contribution in [1.29, 1.82) is 0 Å². The average Bonchev–Trinajstić information content (AvgIpc) is 2.29. The highest BCUT2D eigenvalue weighted by Gasteiger charge is 2.11. The van der Waals surface area contributed by atoms with Gasteiger partial charge < -0.3 is 5.73 Å². The molecule has 2 N–H and O–H groups in total. The highest BCUT2D eigenvalue weighted by Crippen LogP contribution is 2.25. The van der Waals surface area contributed by atoms with Gasteiger partial charge in [-0.1, -0.05) is 45.7 Å². The zero-order valence-electron chi connectivity index (χ0n) is 9.45. The van der Waals surface area contributed by atoms with Gasteiger partial charge in [-0.15, -0.1) is 0 Å². The van der Waals surface area contributed by atoms with E-state index in [0.29, 0.717) is 0 Å². The number of nitrogens with two attached hydrogens (primary N) is 1. The molecule has 0 heterocycles. The molecule has 0 amide bonds. The van der Waals surface area contributed by atoms with Gasteiger partial charge in [0.25, 0.3) is 0 Å². The average molecular weight is 311 g/mol. The van der Waals surface area contributed by atoms with Crippen LogP contribution in [0.4, 0.5) is 0 Å². The van der Waals surface area contributed by atoms with Crippen molar-refractivity contribution in [3.63, 3.8) is 0 Å². The Morgan fingerprint density at radius 1 is 1.12 bits per heavy atom. The van der Waals surface area contributed by atoms with Crippen LogP contribution in [0.1, 0.15) is 22.7 Å². The largest absolute Gasteiger partial charge is 0.320 e. The predicted octanol–water partition coefficient (Wildman–Crippen LogP) is 4.46. The first-order valence-electron chi connectivity index (χ1n) is 5.35. The van der Waals surface area contributed by atoms with E-state index in [2.05, 4.69) is 35.0 Å². The zero-order valence-corrected chi connectivity index (χ0v) is 11.8. The number of aryl methyl sites for hydroxylation is 1. The quantitative estimate of drug-likeness (QED) is 0.871. The van der Waals surface area contributed by atoms with Crippen LogP contribution >= 0.6 is 27.5 Å². The zero-order chi connectivity index (χ0) is 12.4. The van der Waals surface area contributed by atoms with Gasteiger partial charge in [0.05, 0.1) is 6.04 Å². The summed E-state index contributed by atoms with van der Waals surface area (Å²) in [6.45, 7) is 2.07. The maximum atomic E-state index is 6.26. The van der Waals surface area contributed by atoms with Crippen LogP contribution in [0.3, 0.4) is 0 Å². The van der Waals surface area contributed by atoms with Crippen molar-refractivity contribution in [2.45, 2.75) is 13.0 Å². The van der Waals surface area contributed by atoms with Gasteiger partial charge in [-0.25, -0.2) is 0 Å². The molecule has 2 aromatic carbocycles. The Kier molecular flexibility index (Phi) is 3.87. The van der Waals surface area contributed by atoms with Crippen LogP contribution in [0.2, 0.25) is 5.02 Å². The van der Waals surface area contributed by atoms with E-state index >= 15 is 0 Å². The summed E-state index contributed by atoms with van der Waals surface area (Å²) in [6.07, 6.45) is 0. The molecule has 2 aromatic rings. The molecule has 0 saturated carbocycles. The minimum absolute atomic E-state index is 0.111. The third kappa shape index (κ3) is 2.89. The molecule has 1 nitrogen and oxygen atoms in total. The monoisotopic (exact) mass is 309 g/mol. The smallest absolute Gasteiger partial charge is 0.0554 e. The van der Waals surface area contributed by atoms with Crippen molar-refractivity contribution in [3.05, 3.63) is 68.7 Å². The second-order valence-corrected chi connectivity index (χ2v) is 5.38. The number of halogens is 2. The van der Waals surface area contributed by atoms with E-state index in [1.165, 1.54) is 5.56 Å². The SMILES string of the molecule is Cc1cc(Br)ccc1C(N)c1ccc(Cl)cc1. The van der Waals surface area contributed by atoms with E-state index in [1.54, 1.807) is 0 Å². The minimum Gasteiger partial charge on any atom is -0.320 e.